The number of nitrogens with zero attached hydrogens (tertiary/aromatic N) is 2. The summed E-state index contributed by atoms with van der Waals surface area (Å²) < 4.78 is 24.7. The minimum atomic E-state index is -3.78. The van der Waals surface area contributed by atoms with E-state index in [2.05, 4.69) is 18.8 Å². The second-order valence-electron chi connectivity index (χ2n) is 1.80. The Hall–Kier alpha value is -1.09. The molecule has 0 saturated heterocycles. The van der Waals surface area contributed by atoms with Crippen LogP contribution in [0.2, 0.25) is 0 Å². The van der Waals surface area contributed by atoms with E-state index in [0.717, 1.165) is 21.3 Å². The average Bonchev–Trinajstić information content (AvgIpc) is 2.18. The lowest BCUT2D eigenvalue weighted by atomic mass is 10.9. The monoisotopic (exact) mass is 209 g/mol. The first-order valence-corrected chi connectivity index (χ1v) is 4.64. The Labute approximate surface area is 75.1 Å². The summed E-state index contributed by atoms with van der Waals surface area (Å²) in [5, 5.41) is 17.4. The lowest BCUT2D eigenvalue weighted by molar-refractivity contribution is 0.132. The molecule has 0 spiro atoms. The van der Waals surface area contributed by atoms with E-state index in [1.807, 2.05) is 0 Å². The van der Waals surface area contributed by atoms with Crippen LogP contribution in [0.15, 0.2) is 11.4 Å². The van der Waals surface area contributed by atoms with Crippen molar-refractivity contribution in [3.05, 3.63) is 16.4 Å². The maximum absolute atomic E-state index is 11.5. The molecule has 0 aromatic carbocycles. The molecule has 0 aliphatic rings. The van der Waals surface area contributed by atoms with Gasteiger partial charge in [0.1, 0.15) is 0 Å². The summed E-state index contributed by atoms with van der Waals surface area (Å²) in [6.45, 7) is 0. The second kappa shape index (κ2) is 4.82. The molecule has 0 rings (SSSR count). The number of ether oxygens (including phenoxy) is 1. The highest BCUT2D eigenvalue weighted by Gasteiger charge is 2.45. The fourth-order valence-corrected chi connectivity index (χ4v) is 1.48. The van der Waals surface area contributed by atoms with Gasteiger partial charge in [-0.2, -0.15) is 0 Å². The molecular formula is C5H10N2O5P+. The minimum Gasteiger partial charge on any atom is -0.475 e. The van der Waals surface area contributed by atoms with E-state index in [9.17, 15) is 4.57 Å². The van der Waals surface area contributed by atoms with Crippen LogP contribution in [0.5, 0.6) is 0 Å². The molecule has 0 atom stereocenters. The molecule has 0 unspecified atom stereocenters. The van der Waals surface area contributed by atoms with Crippen LogP contribution in [0.1, 0.15) is 0 Å². The molecule has 7 nitrogen and oxygen atoms in total. The highest BCUT2D eigenvalue weighted by atomic mass is 31.2. The van der Waals surface area contributed by atoms with Gasteiger partial charge in [0.15, 0.2) is 4.98 Å². The van der Waals surface area contributed by atoms with Crippen LogP contribution in [-0.2, 0) is 18.3 Å². The van der Waals surface area contributed by atoms with Crippen molar-refractivity contribution in [2.45, 2.75) is 0 Å². The maximum atomic E-state index is 11.5. The van der Waals surface area contributed by atoms with Gasteiger partial charge in [-0.25, -0.2) is 4.57 Å². The Balaban J connectivity index is 5.23. The largest absolute Gasteiger partial charge is 0.548 e. The van der Waals surface area contributed by atoms with Gasteiger partial charge in [-0.1, -0.05) is 0 Å². The van der Waals surface area contributed by atoms with Crippen LogP contribution in [-0.4, -0.2) is 26.4 Å². The zero-order valence-electron chi connectivity index (χ0n) is 7.42. The molecule has 1 N–H and O–H groups in total. The van der Waals surface area contributed by atoms with E-state index in [1.54, 1.807) is 0 Å². The van der Waals surface area contributed by atoms with Gasteiger partial charge >= 0.3 is 19.0 Å². The number of aliphatic hydroxyl groups is 1. The van der Waals surface area contributed by atoms with Crippen molar-refractivity contribution in [3.63, 3.8) is 0 Å². The molecule has 0 aromatic heterocycles. The number of methoxy groups -OCH3 is 1. The fourth-order valence-electron chi connectivity index (χ4n) is 0.553. The molecule has 0 amide bonds. The summed E-state index contributed by atoms with van der Waals surface area (Å²) in [5.74, 6) is -0.825. The highest BCUT2D eigenvalue weighted by molar-refractivity contribution is 7.58. The summed E-state index contributed by atoms with van der Waals surface area (Å²) in [5.41, 5.74) is -0.681. The Morgan fingerprint density at radius 3 is 2.08 bits per heavy atom. The van der Waals surface area contributed by atoms with Gasteiger partial charge in [0.25, 0.3) is 0 Å². The molecule has 0 radical (unpaired) electrons. The van der Waals surface area contributed by atoms with Crippen molar-refractivity contribution in [3.8, 4) is 0 Å². The molecule has 0 heterocycles. The van der Waals surface area contributed by atoms with Crippen molar-refractivity contribution in [2.24, 2.45) is 0 Å². The number of hydrogen-bond acceptors (Lipinski definition) is 6. The third-order valence-corrected chi connectivity index (χ3v) is 2.98. The van der Waals surface area contributed by atoms with Crippen LogP contribution < -0.4 is 0 Å². The van der Waals surface area contributed by atoms with Gasteiger partial charge in [-0.05, 0) is 0 Å². The van der Waals surface area contributed by atoms with Gasteiger partial charge in [-0.15, -0.1) is 0 Å². The lowest BCUT2D eigenvalue weighted by Crippen LogP contribution is -1.96. The van der Waals surface area contributed by atoms with Gasteiger partial charge in [0.2, 0.25) is 5.39 Å². The summed E-state index contributed by atoms with van der Waals surface area (Å²) >= 11 is 0. The molecule has 0 fully saturated rings. The van der Waals surface area contributed by atoms with Gasteiger partial charge in [-0.3, -0.25) is 0 Å². The first-order valence-electron chi connectivity index (χ1n) is 3.10. The number of aliphatic hydroxyl groups excluding tert-OH is 1. The molecule has 13 heavy (non-hydrogen) atoms. The minimum absolute atomic E-state index is 0.681. The van der Waals surface area contributed by atoms with Crippen LogP contribution >= 0.6 is 7.60 Å². The molecular weight excluding hydrogens is 199 g/mol. The molecule has 74 valence electrons. The fraction of sp³-hybridized carbons (Fsp3) is 0.600. The molecule has 0 aromatic rings. The lowest BCUT2D eigenvalue weighted by Gasteiger charge is -2.04. The van der Waals surface area contributed by atoms with E-state index in [-0.39, 0.29) is 0 Å². The Kier molecular flexibility index (Phi) is 4.42. The van der Waals surface area contributed by atoms with Crippen molar-refractivity contribution >= 4 is 7.60 Å². The van der Waals surface area contributed by atoms with Crippen molar-refractivity contribution in [1.29, 1.82) is 5.39 Å². The topological polar surface area (TPSA) is 93.1 Å². The third kappa shape index (κ3) is 2.42. The van der Waals surface area contributed by atoms with Crippen LogP contribution in [0.4, 0.5) is 0 Å². The van der Waals surface area contributed by atoms with Crippen LogP contribution in [0.25, 0.3) is 4.98 Å². The van der Waals surface area contributed by atoms with Gasteiger partial charge in [0, 0.05) is 14.2 Å². The zero-order chi connectivity index (χ0) is 10.5. The summed E-state index contributed by atoms with van der Waals surface area (Å²) in [6.07, 6.45) is 0. The second-order valence-corrected chi connectivity index (χ2v) is 3.94. The van der Waals surface area contributed by atoms with E-state index in [4.69, 9.17) is 10.5 Å². The molecule has 0 saturated carbocycles. The number of hydrogen-bond donors (Lipinski definition) is 1. The molecule has 0 aliphatic carbocycles. The first kappa shape index (κ1) is 11.9. The van der Waals surface area contributed by atoms with Crippen molar-refractivity contribution in [2.75, 3.05) is 21.3 Å². The van der Waals surface area contributed by atoms with E-state index >= 15 is 0 Å². The Morgan fingerprint density at radius 1 is 1.38 bits per heavy atom. The maximum Gasteiger partial charge on any atom is 0.548 e. The SMILES string of the molecule is CO/C(O)=C(\[N+]#N)P(=O)(OC)OC. The summed E-state index contributed by atoms with van der Waals surface area (Å²) in [4.78, 5) is 2.56. The van der Waals surface area contributed by atoms with E-state index in [1.165, 1.54) is 0 Å². The standard InChI is InChI=1S/C5H9N2O5P/c1-10-5(8)4(7-6)13(9,11-2)12-3/h1-3H3/p+1. The summed E-state index contributed by atoms with van der Waals surface area (Å²) in [7, 11) is -0.505. The summed E-state index contributed by atoms with van der Waals surface area (Å²) in [6, 6.07) is 0. The van der Waals surface area contributed by atoms with Gasteiger partial charge < -0.3 is 18.9 Å². The predicted molar refractivity (Wildman–Crippen MR) is 43.4 cm³/mol. The highest BCUT2D eigenvalue weighted by Crippen LogP contribution is 2.56. The van der Waals surface area contributed by atoms with Crippen molar-refractivity contribution in [1.82, 2.24) is 0 Å². The van der Waals surface area contributed by atoms with Crippen LogP contribution in [0.3, 0.4) is 0 Å². The Bertz CT molecular complexity index is 286. The molecule has 0 aliphatic heterocycles. The van der Waals surface area contributed by atoms with Gasteiger partial charge in [0.05, 0.1) is 7.11 Å². The van der Waals surface area contributed by atoms with E-state index < -0.39 is 19.0 Å². The van der Waals surface area contributed by atoms with E-state index in [0.29, 0.717) is 0 Å². The third-order valence-electron chi connectivity index (χ3n) is 1.22. The van der Waals surface area contributed by atoms with Crippen molar-refractivity contribution < 1.29 is 23.5 Å². The number of rotatable bonds is 4. The quantitative estimate of drug-likeness (QED) is 0.430. The Morgan fingerprint density at radius 2 is 1.85 bits per heavy atom. The molecule has 8 heteroatoms. The van der Waals surface area contributed by atoms with Crippen LogP contribution in [0, 0.1) is 5.39 Å². The average molecular weight is 209 g/mol. The zero-order valence-corrected chi connectivity index (χ0v) is 8.32. The molecule has 0 bridgehead atoms. The first-order chi connectivity index (χ1) is 6.05. The number of diazo groups is 1. The smallest absolute Gasteiger partial charge is 0.475 e. The normalized spacial score (nSPS) is 13.1. The predicted octanol–water partition coefficient (Wildman–Crippen LogP) is 1.66.